The topological polar surface area (TPSA) is 126 Å². The maximum absolute atomic E-state index is 11.9. The highest BCUT2D eigenvalue weighted by Crippen LogP contribution is 2.30. The third-order valence-corrected chi connectivity index (χ3v) is 3.38. The average molecular weight is 451 g/mol. The van der Waals surface area contributed by atoms with Gasteiger partial charge in [-0.05, 0) is 6.92 Å². The van der Waals surface area contributed by atoms with Crippen molar-refractivity contribution in [1.82, 2.24) is 5.32 Å². The number of amides is 1. The standard InChI is InChI=1S/C14H18Cl3NO9/c1-5-9(24-6(2)19)10(25-7(3)20)11(26-8(4)21)12(23-5)27-13(22)18-14(15,16)17/h5,9-12H,1-4H3,(H,18,22)/t5-,9-,10+,11+,12-/m0/s1. The molecule has 0 spiro atoms. The molecule has 154 valence electrons. The van der Waals surface area contributed by atoms with E-state index in [-0.39, 0.29) is 0 Å². The summed E-state index contributed by atoms with van der Waals surface area (Å²) in [6.45, 7) is 4.77. The fourth-order valence-electron chi connectivity index (χ4n) is 2.32. The van der Waals surface area contributed by atoms with Gasteiger partial charge >= 0.3 is 24.0 Å². The van der Waals surface area contributed by atoms with Gasteiger partial charge in [0.2, 0.25) is 12.4 Å². The van der Waals surface area contributed by atoms with Crippen molar-refractivity contribution in [3.8, 4) is 0 Å². The molecule has 1 aliphatic heterocycles. The molecule has 0 bridgehead atoms. The Kier molecular flexibility index (Phi) is 8.40. The van der Waals surface area contributed by atoms with Crippen molar-refractivity contribution in [2.45, 2.75) is 62.3 Å². The SMILES string of the molecule is CC(=O)O[C@@H]1[C@@H](OC(C)=O)[C@H](C)O[C@@H](OC(=O)NC(Cl)(Cl)Cl)[C@@H]1OC(C)=O. The largest absolute Gasteiger partial charge is 0.456 e. The maximum atomic E-state index is 11.9. The van der Waals surface area contributed by atoms with Gasteiger partial charge in [-0.25, -0.2) is 4.79 Å². The molecular weight excluding hydrogens is 433 g/mol. The molecular formula is C14H18Cl3NO9. The number of esters is 3. The van der Waals surface area contributed by atoms with Gasteiger partial charge in [0.15, 0.2) is 12.2 Å². The smallest absolute Gasteiger partial charge is 0.412 e. The number of hydrogen-bond acceptors (Lipinski definition) is 9. The third kappa shape index (κ3) is 7.96. The van der Waals surface area contributed by atoms with Crippen LogP contribution < -0.4 is 5.32 Å². The Labute approximate surface area is 169 Å². The lowest BCUT2D eigenvalue weighted by atomic mass is 9.99. The van der Waals surface area contributed by atoms with Crippen LogP contribution in [0.4, 0.5) is 4.79 Å². The first-order valence-electron chi connectivity index (χ1n) is 7.52. The summed E-state index contributed by atoms with van der Waals surface area (Å²) in [4.78, 5) is 46.2. The molecule has 1 saturated heterocycles. The molecule has 0 aromatic carbocycles. The number of halogens is 3. The number of carbonyl (C=O) groups excluding carboxylic acids is 4. The molecule has 5 atom stereocenters. The van der Waals surface area contributed by atoms with Crippen molar-refractivity contribution >= 4 is 58.8 Å². The van der Waals surface area contributed by atoms with Gasteiger partial charge in [-0.1, -0.05) is 34.8 Å². The Morgan fingerprint density at radius 1 is 0.815 bits per heavy atom. The molecule has 27 heavy (non-hydrogen) atoms. The van der Waals surface area contributed by atoms with Crippen LogP contribution in [0.15, 0.2) is 0 Å². The second kappa shape index (κ2) is 9.63. The van der Waals surface area contributed by atoms with E-state index in [1.165, 1.54) is 6.92 Å². The van der Waals surface area contributed by atoms with Crippen molar-refractivity contribution in [2.24, 2.45) is 0 Å². The molecule has 1 rings (SSSR count). The molecule has 0 unspecified atom stereocenters. The highest BCUT2D eigenvalue weighted by atomic mass is 35.6. The Bertz CT molecular complexity index is 595. The maximum Gasteiger partial charge on any atom is 0.412 e. The summed E-state index contributed by atoms with van der Waals surface area (Å²) in [6.07, 6.45) is -7.57. The monoisotopic (exact) mass is 449 g/mol. The van der Waals surface area contributed by atoms with E-state index >= 15 is 0 Å². The molecule has 1 amide bonds. The van der Waals surface area contributed by atoms with E-state index in [1.54, 1.807) is 0 Å². The van der Waals surface area contributed by atoms with Crippen LogP contribution in [0.25, 0.3) is 0 Å². The average Bonchev–Trinajstić information content (AvgIpc) is 2.43. The lowest BCUT2D eigenvalue weighted by Crippen LogP contribution is -2.62. The zero-order valence-electron chi connectivity index (χ0n) is 14.7. The zero-order chi connectivity index (χ0) is 20.9. The summed E-state index contributed by atoms with van der Waals surface area (Å²) < 4.78 is 23.6. The number of hydrogen-bond donors (Lipinski definition) is 1. The van der Waals surface area contributed by atoms with Gasteiger partial charge in [-0.15, -0.1) is 0 Å². The minimum absolute atomic E-state index is 0.692. The molecule has 0 aliphatic carbocycles. The summed E-state index contributed by atoms with van der Waals surface area (Å²) in [5.74, 6) is -2.25. The predicted molar refractivity (Wildman–Crippen MR) is 90.9 cm³/mol. The Balaban J connectivity index is 3.14. The van der Waals surface area contributed by atoms with Crippen LogP contribution in [0.3, 0.4) is 0 Å². The van der Waals surface area contributed by atoms with E-state index in [0.717, 1.165) is 20.8 Å². The van der Waals surface area contributed by atoms with E-state index < -0.39 is 58.6 Å². The fourth-order valence-corrected chi connectivity index (χ4v) is 2.55. The normalized spacial score (nSPS) is 27.9. The lowest BCUT2D eigenvalue weighted by Gasteiger charge is -2.42. The van der Waals surface area contributed by atoms with Crippen molar-refractivity contribution in [2.75, 3.05) is 0 Å². The quantitative estimate of drug-likeness (QED) is 0.294. The summed E-state index contributed by atoms with van der Waals surface area (Å²) >= 11 is 16.3. The van der Waals surface area contributed by atoms with Gasteiger partial charge in [0, 0.05) is 20.8 Å². The molecule has 13 heteroatoms. The summed E-state index contributed by atoms with van der Waals surface area (Å²) in [6, 6.07) is 0. The summed E-state index contributed by atoms with van der Waals surface area (Å²) in [5, 5.41) is 1.88. The van der Waals surface area contributed by atoms with Gasteiger partial charge in [-0.2, -0.15) is 0 Å². The number of rotatable bonds is 4. The number of alkyl halides is 3. The van der Waals surface area contributed by atoms with Gasteiger partial charge in [0.05, 0.1) is 6.10 Å². The van der Waals surface area contributed by atoms with Crippen molar-refractivity contribution < 1.29 is 42.9 Å². The minimum Gasteiger partial charge on any atom is -0.456 e. The minimum atomic E-state index is -2.16. The second-order valence-electron chi connectivity index (χ2n) is 5.46. The molecule has 0 aromatic heterocycles. The molecule has 1 aliphatic rings. The van der Waals surface area contributed by atoms with Crippen molar-refractivity contribution in [3.05, 3.63) is 0 Å². The molecule has 1 heterocycles. The van der Waals surface area contributed by atoms with Gasteiger partial charge in [0.1, 0.15) is 0 Å². The highest BCUT2D eigenvalue weighted by Gasteiger charge is 2.52. The van der Waals surface area contributed by atoms with E-state index in [1.807, 2.05) is 5.32 Å². The fraction of sp³-hybridized carbons (Fsp3) is 0.714. The number of nitrogens with one attached hydrogen (secondary N) is 1. The summed E-state index contributed by atoms with van der Waals surface area (Å²) in [7, 11) is 0. The first kappa shape index (κ1) is 23.5. The second-order valence-corrected chi connectivity index (χ2v) is 7.74. The number of carbonyl (C=O) groups is 4. The summed E-state index contributed by atoms with van der Waals surface area (Å²) in [5.41, 5.74) is 0. The van der Waals surface area contributed by atoms with Crippen LogP contribution >= 0.6 is 34.8 Å². The molecule has 1 N–H and O–H groups in total. The molecule has 0 saturated carbocycles. The molecule has 0 aromatic rings. The van der Waals surface area contributed by atoms with Crippen LogP contribution in [0, 0.1) is 0 Å². The van der Waals surface area contributed by atoms with Crippen LogP contribution in [0.2, 0.25) is 0 Å². The molecule has 1 fully saturated rings. The van der Waals surface area contributed by atoms with Crippen LogP contribution in [-0.4, -0.2) is 58.6 Å². The first-order valence-corrected chi connectivity index (χ1v) is 8.66. The van der Waals surface area contributed by atoms with Gasteiger partial charge in [0.25, 0.3) is 3.92 Å². The predicted octanol–water partition coefficient (Wildman–Crippen LogP) is 1.58. The molecule has 10 nitrogen and oxygen atoms in total. The van der Waals surface area contributed by atoms with E-state index in [4.69, 9.17) is 58.5 Å². The van der Waals surface area contributed by atoms with Crippen molar-refractivity contribution in [1.29, 1.82) is 0 Å². The van der Waals surface area contributed by atoms with E-state index in [9.17, 15) is 19.2 Å². The third-order valence-electron chi connectivity index (χ3n) is 3.10. The van der Waals surface area contributed by atoms with Gasteiger partial charge < -0.3 is 23.7 Å². The number of ether oxygens (including phenoxy) is 5. The Morgan fingerprint density at radius 2 is 1.26 bits per heavy atom. The van der Waals surface area contributed by atoms with Crippen LogP contribution in [0.5, 0.6) is 0 Å². The van der Waals surface area contributed by atoms with E-state index in [2.05, 4.69) is 0 Å². The zero-order valence-corrected chi connectivity index (χ0v) is 17.0. The lowest BCUT2D eigenvalue weighted by molar-refractivity contribution is -0.286. The first-order chi connectivity index (χ1) is 12.3. The number of alkyl carbamates (subject to hydrolysis) is 1. The highest BCUT2D eigenvalue weighted by molar-refractivity contribution is 6.67. The van der Waals surface area contributed by atoms with Crippen LogP contribution in [-0.2, 0) is 38.1 Å². The molecule has 0 radical (unpaired) electrons. The van der Waals surface area contributed by atoms with E-state index in [0.29, 0.717) is 0 Å². The van der Waals surface area contributed by atoms with Crippen LogP contribution in [0.1, 0.15) is 27.7 Å². The Hall–Kier alpha value is -1.49. The Morgan fingerprint density at radius 3 is 1.70 bits per heavy atom. The van der Waals surface area contributed by atoms with Crippen molar-refractivity contribution in [3.63, 3.8) is 0 Å². The van der Waals surface area contributed by atoms with Gasteiger partial charge in [-0.3, -0.25) is 19.7 Å².